The van der Waals surface area contributed by atoms with Crippen molar-refractivity contribution in [2.75, 3.05) is 32.1 Å². The summed E-state index contributed by atoms with van der Waals surface area (Å²) in [5, 5.41) is 0. The summed E-state index contributed by atoms with van der Waals surface area (Å²) in [5.41, 5.74) is 6.32. The number of hydrogen-bond donors (Lipinski definition) is 2. The van der Waals surface area contributed by atoms with Crippen molar-refractivity contribution >= 4 is 10.0 Å². The number of sulfonamides is 1. The molecule has 5 nitrogen and oxygen atoms in total. The van der Waals surface area contributed by atoms with Crippen LogP contribution in [0.1, 0.15) is 24.8 Å². The lowest BCUT2D eigenvalue weighted by atomic mass is 10.0. The van der Waals surface area contributed by atoms with Crippen LogP contribution in [-0.2, 0) is 14.8 Å². The zero-order chi connectivity index (χ0) is 14.8. The Kier molecular flexibility index (Phi) is 7.76. The van der Waals surface area contributed by atoms with E-state index in [1.54, 1.807) is 0 Å². The smallest absolute Gasteiger partial charge is 0.212 e. The van der Waals surface area contributed by atoms with Gasteiger partial charge in [0.1, 0.15) is 0 Å². The van der Waals surface area contributed by atoms with Crippen LogP contribution < -0.4 is 10.5 Å². The van der Waals surface area contributed by atoms with Gasteiger partial charge >= 0.3 is 0 Å². The second kappa shape index (κ2) is 9.07. The van der Waals surface area contributed by atoms with Gasteiger partial charge in [-0.15, -0.1) is 0 Å². The van der Waals surface area contributed by atoms with Crippen LogP contribution in [0.3, 0.4) is 0 Å². The molecular formula is C14H24N2O3S. The fourth-order valence-electron chi connectivity index (χ4n) is 1.85. The molecule has 0 amide bonds. The largest absolute Gasteiger partial charge is 0.380 e. The van der Waals surface area contributed by atoms with E-state index >= 15 is 0 Å². The van der Waals surface area contributed by atoms with Gasteiger partial charge in [-0.3, -0.25) is 0 Å². The molecule has 0 spiro atoms. The van der Waals surface area contributed by atoms with E-state index in [4.69, 9.17) is 10.5 Å². The summed E-state index contributed by atoms with van der Waals surface area (Å²) in [6.07, 6.45) is 0.652. The first-order valence-corrected chi connectivity index (χ1v) is 8.50. The number of rotatable bonds is 10. The third-order valence-electron chi connectivity index (χ3n) is 2.89. The highest BCUT2D eigenvalue weighted by atomic mass is 32.2. The van der Waals surface area contributed by atoms with Gasteiger partial charge in [-0.1, -0.05) is 37.3 Å². The molecule has 0 heterocycles. The lowest BCUT2D eigenvalue weighted by Crippen LogP contribution is -2.30. The average Bonchev–Trinajstić information content (AvgIpc) is 2.43. The van der Waals surface area contributed by atoms with Crippen LogP contribution in [0.5, 0.6) is 0 Å². The molecule has 0 fully saturated rings. The standard InChI is InChI=1S/C14H24N2O3S/c1-13(14-6-3-2-4-7-14)12-20(17,18)16-9-5-10-19-11-8-15/h2-4,6-7,13,16H,5,8-12,15H2,1H3. The minimum Gasteiger partial charge on any atom is -0.380 e. The van der Waals surface area contributed by atoms with Crippen molar-refractivity contribution in [3.63, 3.8) is 0 Å². The van der Waals surface area contributed by atoms with E-state index in [9.17, 15) is 8.42 Å². The van der Waals surface area contributed by atoms with Gasteiger partial charge in [0.15, 0.2) is 0 Å². The Balaban J connectivity index is 2.31. The number of ether oxygens (including phenoxy) is 1. The molecule has 3 N–H and O–H groups in total. The first-order valence-electron chi connectivity index (χ1n) is 6.85. The van der Waals surface area contributed by atoms with Crippen LogP contribution in [0.4, 0.5) is 0 Å². The summed E-state index contributed by atoms with van der Waals surface area (Å²) in [6.45, 7) is 3.83. The maximum atomic E-state index is 11.9. The van der Waals surface area contributed by atoms with Crippen molar-refractivity contribution in [2.24, 2.45) is 5.73 Å². The Morgan fingerprint density at radius 2 is 1.95 bits per heavy atom. The predicted molar refractivity (Wildman–Crippen MR) is 81.1 cm³/mol. The number of nitrogens with one attached hydrogen (secondary N) is 1. The maximum absolute atomic E-state index is 11.9. The number of nitrogens with two attached hydrogens (primary N) is 1. The molecule has 20 heavy (non-hydrogen) atoms. The second-order valence-corrected chi connectivity index (χ2v) is 6.59. The van der Waals surface area contributed by atoms with Crippen LogP contribution in [-0.4, -0.2) is 40.5 Å². The highest BCUT2D eigenvalue weighted by Gasteiger charge is 2.16. The molecular weight excluding hydrogens is 276 g/mol. The van der Waals surface area contributed by atoms with Crippen molar-refractivity contribution in [2.45, 2.75) is 19.3 Å². The van der Waals surface area contributed by atoms with E-state index in [1.165, 1.54) is 0 Å². The van der Waals surface area contributed by atoms with Gasteiger partial charge in [-0.25, -0.2) is 13.1 Å². The fourth-order valence-corrected chi connectivity index (χ4v) is 3.28. The quantitative estimate of drug-likeness (QED) is 0.633. The van der Waals surface area contributed by atoms with Crippen LogP contribution in [0.25, 0.3) is 0 Å². The first-order chi connectivity index (χ1) is 9.55. The molecule has 0 saturated heterocycles. The molecule has 0 aliphatic rings. The highest BCUT2D eigenvalue weighted by molar-refractivity contribution is 7.89. The van der Waals surface area contributed by atoms with Crippen molar-refractivity contribution in [1.82, 2.24) is 4.72 Å². The Hall–Kier alpha value is -0.950. The van der Waals surface area contributed by atoms with Gasteiger partial charge < -0.3 is 10.5 Å². The Bertz CT molecular complexity index is 463. The third-order valence-corrected chi connectivity index (χ3v) is 4.47. The monoisotopic (exact) mass is 300 g/mol. The number of hydrogen-bond acceptors (Lipinski definition) is 4. The first kappa shape index (κ1) is 17.1. The van der Waals surface area contributed by atoms with E-state index in [2.05, 4.69) is 4.72 Å². The van der Waals surface area contributed by atoms with Crippen molar-refractivity contribution in [1.29, 1.82) is 0 Å². The minimum atomic E-state index is -3.25. The zero-order valence-electron chi connectivity index (χ0n) is 11.9. The Morgan fingerprint density at radius 1 is 1.25 bits per heavy atom. The van der Waals surface area contributed by atoms with E-state index in [1.807, 2.05) is 37.3 Å². The summed E-state index contributed by atoms with van der Waals surface area (Å²) in [4.78, 5) is 0. The van der Waals surface area contributed by atoms with E-state index in [-0.39, 0.29) is 11.7 Å². The molecule has 0 aliphatic carbocycles. The predicted octanol–water partition coefficient (Wildman–Crippen LogP) is 1.07. The molecule has 1 rings (SSSR count). The normalized spacial score (nSPS) is 13.3. The molecule has 114 valence electrons. The molecule has 0 aliphatic heterocycles. The lowest BCUT2D eigenvalue weighted by Gasteiger charge is -2.13. The van der Waals surface area contributed by atoms with Crippen LogP contribution in [0.15, 0.2) is 30.3 Å². The molecule has 0 bridgehead atoms. The summed E-state index contributed by atoms with van der Waals surface area (Å²) in [6, 6.07) is 9.65. The molecule has 1 aromatic rings. The van der Waals surface area contributed by atoms with Crippen LogP contribution >= 0.6 is 0 Å². The van der Waals surface area contributed by atoms with Crippen LogP contribution in [0, 0.1) is 0 Å². The molecule has 1 atom stereocenters. The van der Waals surface area contributed by atoms with E-state index in [0.29, 0.717) is 32.7 Å². The molecule has 0 radical (unpaired) electrons. The highest BCUT2D eigenvalue weighted by Crippen LogP contribution is 2.16. The van der Waals surface area contributed by atoms with E-state index < -0.39 is 10.0 Å². The summed E-state index contributed by atoms with van der Waals surface area (Å²) < 4.78 is 31.6. The SMILES string of the molecule is CC(CS(=O)(=O)NCCCOCCN)c1ccccc1. The molecule has 6 heteroatoms. The molecule has 1 aromatic carbocycles. The summed E-state index contributed by atoms with van der Waals surface area (Å²) in [5.74, 6) is 0.0721. The third kappa shape index (κ3) is 7.00. The Labute approximate surface area is 121 Å². The van der Waals surface area contributed by atoms with Gasteiger partial charge in [-0.05, 0) is 17.9 Å². The van der Waals surface area contributed by atoms with Crippen molar-refractivity contribution in [3.8, 4) is 0 Å². The zero-order valence-corrected chi connectivity index (χ0v) is 12.7. The molecule has 1 unspecified atom stereocenters. The summed E-state index contributed by atoms with van der Waals surface area (Å²) >= 11 is 0. The van der Waals surface area contributed by atoms with Crippen molar-refractivity contribution < 1.29 is 13.2 Å². The topological polar surface area (TPSA) is 81.4 Å². The molecule has 0 aromatic heterocycles. The lowest BCUT2D eigenvalue weighted by molar-refractivity contribution is 0.140. The average molecular weight is 300 g/mol. The molecule has 0 saturated carbocycles. The van der Waals surface area contributed by atoms with E-state index in [0.717, 1.165) is 5.56 Å². The Morgan fingerprint density at radius 3 is 2.60 bits per heavy atom. The summed E-state index contributed by atoms with van der Waals surface area (Å²) in [7, 11) is -3.25. The number of benzene rings is 1. The van der Waals surface area contributed by atoms with Gasteiger partial charge in [0.25, 0.3) is 0 Å². The van der Waals surface area contributed by atoms with Gasteiger partial charge in [0, 0.05) is 19.7 Å². The fraction of sp³-hybridized carbons (Fsp3) is 0.571. The maximum Gasteiger partial charge on any atom is 0.212 e. The van der Waals surface area contributed by atoms with Gasteiger partial charge in [0.05, 0.1) is 12.4 Å². The van der Waals surface area contributed by atoms with Crippen LogP contribution in [0.2, 0.25) is 0 Å². The van der Waals surface area contributed by atoms with Gasteiger partial charge in [-0.2, -0.15) is 0 Å². The van der Waals surface area contributed by atoms with Gasteiger partial charge in [0.2, 0.25) is 10.0 Å². The minimum absolute atomic E-state index is 0.0257. The van der Waals surface area contributed by atoms with Crippen molar-refractivity contribution in [3.05, 3.63) is 35.9 Å². The second-order valence-electron chi connectivity index (χ2n) is 4.74.